The van der Waals surface area contributed by atoms with Gasteiger partial charge in [-0.1, -0.05) is 55.2 Å². The minimum absolute atomic E-state index is 0.200. The number of hydrogen-bond acceptors (Lipinski definition) is 3. The van der Waals surface area contributed by atoms with Gasteiger partial charge in [0.2, 0.25) is 15.9 Å². The van der Waals surface area contributed by atoms with Crippen LogP contribution in [0.25, 0.3) is 0 Å². The first-order chi connectivity index (χ1) is 15.2. The number of sulfonamides is 1. The Morgan fingerprint density at radius 2 is 1.72 bits per heavy atom. The molecule has 0 saturated heterocycles. The van der Waals surface area contributed by atoms with E-state index in [2.05, 4.69) is 23.5 Å². The normalized spacial score (nSPS) is 15.5. The molecule has 2 aromatic carbocycles. The molecule has 3 rings (SSSR count). The number of carbonyl (C=O) groups is 1. The SMILES string of the molecule is CC[C@@H](NC(=O)[C@H](CC)N(c1cc(Cl)ccc1Cl)S(C)(=O)=O)c1ccc2c(c1)CCCC2. The number of nitrogens with one attached hydrogen (secondary N) is 1. The number of nitrogens with zero attached hydrogens (tertiary/aromatic N) is 1. The molecule has 174 valence electrons. The molecule has 2 aromatic rings. The molecule has 0 spiro atoms. The standard InChI is InChI=1S/C24H30Cl2N2O3S/c1-4-21(18-11-10-16-8-6-7-9-17(16)14-18)27-24(29)22(5-2)28(32(3,30)31)23-15-19(25)12-13-20(23)26/h10-15,21-22H,4-9H2,1-3H3,(H,27,29)/t21-,22+/m1/s1. The lowest BCUT2D eigenvalue weighted by Gasteiger charge is -2.32. The molecule has 0 radical (unpaired) electrons. The van der Waals surface area contributed by atoms with Crippen LogP contribution in [0.3, 0.4) is 0 Å². The summed E-state index contributed by atoms with van der Waals surface area (Å²) in [6.07, 6.45) is 6.59. The number of rotatable bonds is 8. The van der Waals surface area contributed by atoms with Crippen molar-refractivity contribution < 1.29 is 13.2 Å². The number of benzene rings is 2. The highest BCUT2D eigenvalue weighted by molar-refractivity contribution is 7.92. The molecule has 2 atom stereocenters. The number of amides is 1. The summed E-state index contributed by atoms with van der Waals surface area (Å²) >= 11 is 12.4. The number of halogens is 2. The van der Waals surface area contributed by atoms with Crippen molar-refractivity contribution >= 4 is 44.8 Å². The highest BCUT2D eigenvalue weighted by Crippen LogP contribution is 2.33. The fraction of sp³-hybridized carbons (Fsp3) is 0.458. The van der Waals surface area contributed by atoms with Gasteiger partial charge in [0, 0.05) is 5.02 Å². The van der Waals surface area contributed by atoms with Gasteiger partial charge in [-0.25, -0.2) is 8.42 Å². The van der Waals surface area contributed by atoms with E-state index in [9.17, 15) is 13.2 Å². The minimum Gasteiger partial charge on any atom is -0.347 e. The number of aryl methyl sites for hydroxylation is 2. The maximum atomic E-state index is 13.4. The summed E-state index contributed by atoms with van der Waals surface area (Å²) in [7, 11) is -3.80. The second-order valence-electron chi connectivity index (χ2n) is 8.28. The highest BCUT2D eigenvalue weighted by atomic mass is 35.5. The van der Waals surface area contributed by atoms with E-state index in [0.717, 1.165) is 29.0 Å². The molecule has 1 aliphatic rings. The van der Waals surface area contributed by atoms with Crippen LogP contribution >= 0.6 is 23.2 Å². The van der Waals surface area contributed by atoms with Gasteiger partial charge >= 0.3 is 0 Å². The summed E-state index contributed by atoms with van der Waals surface area (Å²) in [5.74, 6) is -0.362. The average Bonchev–Trinajstić information content (AvgIpc) is 2.76. The monoisotopic (exact) mass is 496 g/mol. The lowest BCUT2D eigenvalue weighted by Crippen LogP contribution is -2.50. The molecule has 8 heteroatoms. The fourth-order valence-corrected chi connectivity index (χ4v) is 5.99. The Kier molecular flexibility index (Phi) is 8.12. The Labute approximate surface area is 201 Å². The van der Waals surface area contributed by atoms with Crippen molar-refractivity contribution in [2.24, 2.45) is 0 Å². The van der Waals surface area contributed by atoms with Gasteiger partial charge in [0.05, 0.1) is 23.0 Å². The number of anilines is 1. The molecular formula is C24H30Cl2N2O3S. The third-order valence-corrected chi connectivity index (χ3v) is 7.70. The second-order valence-corrected chi connectivity index (χ2v) is 11.0. The Morgan fingerprint density at radius 3 is 2.34 bits per heavy atom. The lowest BCUT2D eigenvalue weighted by molar-refractivity contribution is -0.123. The number of fused-ring (bicyclic) bond motifs is 1. The van der Waals surface area contributed by atoms with Crippen molar-refractivity contribution in [1.82, 2.24) is 5.32 Å². The zero-order valence-electron chi connectivity index (χ0n) is 18.7. The van der Waals surface area contributed by atoms with Gasteiger partial charge in [-0.05, 0) is 73.4 Å². The van der Waals surface area contributed by atoms with Crippen molar-refractivity contribution in [2.75, 3.05) is 10.6 Å². The predicted octanol–water partition coefficient (Wildman–Crippen LogP) is 5.68. The second kappa shape index (κ2) is 10.4. The van der Waals surface area contributed by atoms with Crippen LogP contribution in [-0.4, -0.2) is 26.6 Å². The molecule has 0 saturated carbocycles. The van der Waals surface area contributed by atoms with E-state index in [4.69, 9.17) is 23.2 Å². The van der Waals surface area contributed by atoms with Crippen molar-refractivity contribution in [2.45, 2.75) is 64.5 Å². The van der Waals surface area contributed by atoms with Crippen LogP contribution in [0.15, 0.2) is 36.4 Å². The maximum Gasteiger partial charge on any atom is 0.244 e. The molecule has 0 aromatic heterocycles. The van der Waals surface area contributed by atoms with Gasteiger partial charge in [-0.3, -0.25) is 9.10 Å². The van der Waals surface area contributed by atoms with Crippen LogP contribution < -0.4 is 9.62 Å². The Bertz CT molecular complexity index is 1090. The number of carbonyl (C=O) groups excluding carboxylic acids is 1. The molecule has 1 amide bonds. The van der Waals surface area contributed by atoms with E-state index in [0.29, 0.717) is 11.4 Å². The summed E-state index contributed by atoms with van der Waals surface area (Å²) in [6.45, 7) is 3.79. The van der Waals surface area contributed by atoms with Gasteiger partial charge in [-0.2, -0.15) is 0 Å². The van der Waals surface area contributed by atoms with E-state index in [-0.39, 0.29) is 29.1 Å². The minimum atomic E-state index is -3.80. The van der Waals surface area contributed by atoms with Crippen LogP contribution in [0.5, 0.6) is 0 Å². The Morgan fingerprint density at radius 1 is 1.03 bits per heavy atom. The van der Waals surface area contributed by atoms with Crippen molar-refractivity contribution in [3.8, 4) is 0 Å². The van der Waals surface area contributed by atoms with Gasteiger partial charge in [0.15, 0.2) is 0 Å². The van der Waals surface area contributed by atoms with E-state index >= 15 is 0 Å². The number of hydrogen-bond donors (Lipinski definition) is 1. The van der Waals surface area contributed by atoms with E-state index in [1.54, 1.807) is 13.0 Å². The van der Waals surface area contributed by atoms with E-state index < -0.39 is 16.1 Å². The molecule has 1 aliphatic carbocycles. The molecule has 1 N–H and O–H groups in total. The molecule has 0 aliphatic heterocycles. The fourth-order valence-electron chi connectivity index (χ4n) is 4.35. The first-order valence-corrected chi connectivity index (χ1v) is 13.6. The highest BCUT2D eigenvalue weighted by Gasteiger charge is 2.34. The third kappa shape index (κ3) is 5.59. The largest absolute Gasteiger partial charge is 0.347 e. The van der Waals surface area contributed by atoms with Crippen molar-refractivity contribution in [3.63, 3.8) is 0 Å². The molecule has 5 nitrogen and oxygen atoms in total. The summed E-state index contributed by atoms with van der Waals surface area (Å²) < 4.78 is 26.5. The lowest BCUT2D eigenvalue weighted by atomic mass is 9.88. The van der Waals surface area contributed by atoms with Gasteiger partial charge in [0.1, 0.15) is 6.04 Å². The summed E-state index contributed by atoms with van der Waals surface area (Å²) in [6, 6.07) is 9.84. The molecule has 0 unspecified atom stereocenters. The molecule has 32 heavy (non-hydrogen) atoms. The first-order valence-electron chi connectivity index (χ1n) is 11.0. The Balaban J connectivity index is 1.91. The van der Waals surface area contributed by atoms with Crippen LogP contribution in [0.2, 0.25) is 10.0 Å². The smallest absolute Gasteiger partial charge is 0.244 e. The van der Waals surface area contributed by atoms with E-state index in [1.165, 1.54) is 36.1 Å². The average molecular weight is 497 g/mol. The Hall–Kier alpha value is -1.76. The third-order valence-electron chi connectivity index (χ3n) is 5.97. The molecular weight excluding hydrogens is 467 g/mol. The van der Waals surface area contributed by atoms with Gasteiger partial charge in [0.25, 0.3) is 0 Å². The summed E-state index contributed by atoms with van der Waals surface area (Å²) in [5, 5.41) is 3.63. The first kappa shape index (κ1) is 24.9. The summed E-state index contributed by atoms with van der Waals surface area (Å²) in [5.41, 5.74) is 3.97. The van der Waals surface area contributed by atoms with Crippen LogP contribution in [0.1, 0.15) is 62.3 Å². The van der Waals surface area contributed by atoms with Gasteiger partial charge < -0.3 is 5.32 Å². The maximum absolute atomic E-state index is 13.4. The van der Waals surface area contributed by atoms with Gasteiger partial charge in [-0.15, -0.1) is 0 Å². The summed E-state index contributed by atoms with van der Waals surface area (Å²) in [4.78, 5) is 13.4. The molecule has 0 heterocycles. The topological polar surface area (TPSA) is 66.5 Å². The predicted molar refractivity (Wildman–Crippen MR) is 132 cm³/mol. The van der Waals surface area contributed by atoms with Crippen molar-refractivity contribution in [3.05, 3.63) is 63.1 Å². The van der Waals surface area contributed by atoms with Crippen molar-refractivity contribution in [1.29, 1.82) is 0 Å². The van der Waals surface area contributed by atoms with E-state index in [1.807, 2.05) is 6.92 Å². The van der Waals surface area contributed by atoms with Crippen LogP contribution in [0, 0.1) is 0 Å². The van der Waals surface area contributed by atoms with Crippen LogP contribution in [-0.2, 0) is 27.7 Å². The van der Waals surface area contributed by atoms with Crippen LogP contribution in [0.4, 0.5) is 5.69 Å². The zero-order chi connectivity index (χ0) is 23.5. The zero-order valence-corrected chi connectivity index (χ0v) is 21.0. The molecule has 0 bridgehead atoms. The quantitative estimate of drug-likeness (QED) is 0.510. The molecule has 0 fully saturated rings.